The molecule has 0 saturated carbocycles. The van der Waals surface area contributed by atoms with Crippen LogP contribution in [0.3, 0.4) is 0 Å². The van der Waals surface area contributed by atoms with E-state index in [1.165, 1.54) is 36.5 Å². The van der Waals surface area contributed by atoms with Crippen LogP contribution in [0.2, 0.25) is 0 Å². The van der Waals surface area contributed by atoms with Crippen LogP contribution in [0.1, 0.15) is 64.7 Å². The van der Waals surface area contributed by atoms with Gasteiger partial charge in [-0.3, -0.25) is 0 Å². The van der Waals surface area contributed by atoms with Gasteiger partial charge in [0.2, 0.25) is 0 Å². The minimum absolute atomic E-state index is 0.293. The van der Waals surface area contributed by atoms with Gasteiger partial charge in [0.05, 0.1) is 6.10 Å². The molecule has 1 atom stereocenters. The molecule has 0 spiro atoms. The topological polar surface area (TPSA) is 29.5 Å². The summed E-state index contributed by atoms with van der Waals surface area (Å²) in [5.41, 5.74) is 0. The van der Waals surface area contributed by atoms with Crippen molar-refractivity contribution < 1.29 is 9.84 Å². The van der Waals surface area contributed by atoms with Crippen LogP contribution in [0.5, 0.6) is 5.75 Å². The van der Waals surface area contributed by atoms with E-state index in [4.69, 9.17) is 9.84 Å². The fourth-order valence-electron chi connectivity index (χ4n) is 3.15. The molecule has 132 valence electrons. The molecule has 2 nitrogen and oxygen atoms in total. The lowest BCUT2D eigenvalue weighted by molar-refractivity contribution is 0.171. The van der Waals surface area contributed by atoms with Crippen molar-refractivity contribution in [1.29, 1.82) is 0 Å². The van der Waals surface area contributed by atoms with E-state index in [1.54, 1.807) is 0 Å². The van der Waals surface area contributed by atoms with Gasteiger partial charge in [0.25, 0.3) is 0 Å². The molecule has 1 N–H and O–H groups in total. The van der Waals surface area contributed by atoms with E-state index in [0.717, 1.165) is 37.9 Å². The number of rotatable bonds is 12. The van der Waals surface area contributed by atoms with E-state index < -0.39 is 0 Å². The van der Waals surface area contributed by atoms with Crippen LogP contribution in [0.15, 0.2) is 42.5 Å². The van der Waals surface area contributed by atoms with Gasteiger partial charge in [-0.2, -0.15) is 0 Å². The number of aliphatic hydroxyl groups excluding tert-OH is 1. The Morgan fingerprint density at radius 1 is 0.833 bits per heavy atom. The van der Waals surface area contributed by atoms with Crippen LogP contribution < -0.4 is 4.74 Å². The second-order valence-electron chi connectivity index (χ2n) is 6.67. The third-order valence-corrected chi connectivity index (χ3v) is 4.59. The summed E-state index contributed by atoms with van der Waals surface area (Å²) in [4.78, 5) is 0. The zero-order valence-electron chi connectivity index (χ0n) is 15.0. The first-order valence-corrected chi connectivity index (χ1v) is 9.60. The molecular weight excluding hydrogens is 296 g/mol. The van der Waals surface area contributed by atoms with Crippen molar-refractivity contribution in [1.82, 2.24) is 0 Å². The molecule has 0 amide bonds. The summed E-state index contributed by atoms with van der Waals surface area (Å²) < 4.78 is 6.32. The van der Waals surface area contributed by atoms with Crippen LogP contribution >= 0.6 is 0 Å². The van der Waals surface area contributed by atoms with Crippen molar-refractivity contribution in [2.24, 2.45) is 0 Å². The van der Waals surface area contributed by atoms with E-state index in [9.17, 15) is 0 Å². The Bertz CT molecular complexity index is 567. The highest BCUT2D eigenvalue weighted by Gasteiger charge is 2.11. The Balaban J connectivity index is 1.92. The predicted molar refractivity (Wildman–Crippen MR) is 103 cm³/mol. The van der Waals surface area contributed by atoms with Gasteiger partial charge in [0.1, 0.15) is 5.75 Å². The fourth-order valence-corrected chi connectivity index (χ4v) is 3.15. The second-order valence-corrected chi connectivity index (χ2v) is 6.67. The number of aliphatic hydroxyl groups is 1. The maximum absolute atomic E-state index is 8.94. The van der Waals surface area contributed by atoms with Gasteiger partial charge in [0.15, 0.2) is 0 Å². The van der Waals surface area contributed by atoms with Gasteiger partial charge < -0.3 is 9.84 Å². The second kappa shape index (κ2) is 11.1. The minimum Gasteiger partial charge on any atom is -0.490 e. The van der Waals surface area contributed by atoms with E-state index in [2.05, 4.69) is 49.4 Å². The molecule has 2 heteroatoms. The smallest absolute Gasteiger partial charge is 0.120 e. The molecule has 0 heterocycles. The summed E-state index contributed by atoms with van der Waals surface area (Å²) in [6.45, 7) is 2.55. The molecule has 2 aromatic carbocycles. The molecule has 0 saturated heterocycles. The SMILES string of the molecule is CCCCCCC(CCCCCO)Oc1ccc2ccccc2c1. The van der Waals surface area contributed by atoms with Crippen LogP contribution in [-0.2, 0) is 0 Å². The fraction of sp³-hybridized carbons (Fsp3) is 0.545. The number of unbranched alkanes of at least 4 members (excludes halogenated alkanes) is 5. The molecule has 24 heavy (non-hydrogen) atoms. The van der Waals surface area contributed by atoms with E-state index in [1.807, 2.05) is 0 Å². The van der Waals surface area contributed by atoms with Crippen molar-refractivity contribution in [2.75, 3.05) is 6.61 Å². The van der Waals surface area contributed by atoms with Crippen molar-refractivity contribution in [2.45, 2.75) is 70.8 Å². The summed E-state index contributed by atoms with van der Waals surface area (Å²) in [6.07, 6.45) is 10.7. The minimum atomic E-state index is 0.293. The lowest BCUT2D eigenvalue weighted by Crippen LogP contribution is -2.16. The van der Waals surface area contributed by atoms with Crippen LogP contribution in [0, 0.1) is 0 Å². The van der Waals surface area contributed by atoms with Gasteiger partial charge >= 0.3 is 0 Å². The highest BCUT2D eigenvalue weighted by Crippen LogP contribution is 2.24. The Morgan fingerprint density at radius 3 is 2.25 bits per heavy atom. The molecular formula is C22H32O2. The quantitative estimate of drug-likeness (QED) is 0.476. The van der Waals surface area contributed by atoms with Gasteiger partial charge in [-0.25, -0.2) is 0 Å². The van der Waals surface area contributed by atoms with Gasteiger partial charge in [-0.1, -0.05) is 62.9 Å². The zero-order valence-corrected chi connectivity index (χ0v) is 15.0. The van der Waals surface area contributed by atoms with E-state index in [-0.39, 0.29) is 0 Å². The number of hydrogen-bond acceptors (Lipinski definition) is 2. The third kappa shape index (κ3) is 6.52. The van der Waals surface area contributed by atoms with E-state index in [0.29, 0.717) is 12.7 Å². The molecule has 0 aliphatic rings. The molecule has 1 unspecified atom stereocenters. The first kappa shape index (κ1) is 18.8. The number of benzene rings is 2. The molecule has 0 fully saturated rings. The average Bonchev–Trinajstić information content (AvgIpc) is 2.62. The van der Waals surface area contributed by atoms with Crippen molar-refractivity contribution in [3.63, 3.8) is 0 Å². The lowest BCUT2D eigenvalue weighted by atomic mass is 10.0. The molecule has 0 aliphatic heterocycles. The van der Waals surface area contributed by atoms with Crippen LogP contribution in [-0.4, -0.2) is 17.8 Å². The molecule has 0 bridgehead atoms. The maximum atomic E-state index is 8.94. The van der Waals surface area contributed by atoms with Crippen molar-refractivity contribution >= 4 is 10.8 Å². The Morgan fingerprint density at radius 2 is 1.54 bits per heavy atom. The van der Waals surface area contributed by atoms with Gasteiger partial charge in [-0.15, -0.1) is 0 Å². The van der Waals surface area contributed by atoms with Gasteiger partial charge in [-0.05, 0) is 55.0 Å². The molecule has 2 rings (SSSR count). The highest BCUT2D eigenvalue weighted by atomic mass is 16.5. The maximum Gasteiger partial charge on any atom is 0.120 e. The first-order valence-electron chi connectivity index (χ1n) is 9.60. The normalized spacial score (nSPS) is 12.4. The van der Waals surface area contributed by atoms with E-state index >= 15 is 0 Å². The summed E-state index contributed by atoms with van der Waals surface area (Å²) >= 11 is 0. The molecule has 0 aromatic heterocycles. The highest BCUT2D eigenvalue weighted by molar-refractivity contribution is 5.83. The average molecular weight is 328 g/mol. The van der Waals surface area contributed by atoms with Crippen molar-refractivity contribution in [3.05, 3.63) is 42.5 Å². The Hall–Kier alpha value is -1.54. The van der Waals surface area contributed by atoms with Crippen molar-refractivity contribution in [3.8, 4) is 5.75 Å². The lowest BCUT2D eigenvalue weighted by Gasteiger charge is -2.19. The Kier molecular flexibility index (Phi) is 8.69. The monoisotopic (exact) mass is 328 g/mol. The number of fused-ring (bicyclic) bond motifs is 1. The summed E-state index contributed by atoms with van der Waals surface area (Å²) in [7, 11) is 0. The largest absolute Gasteiger partial charge is 0.490 e. The van der Waals surface area contributed by atoms with Crippen LogP contribution in [0.25, 0.3) is 10.8 Å². The third-order valence-electron chi connectivity index (χ3n) is 4.59. The summed E-state index contributed by atoms with van der Waals surface area (Å²) in [6, 6.07) is 14.8. The molecule has 0 aliphatic carbocycles. The summed E-state index contributed by atoms with van der Waals surface area (Å²) in [5.74, 6) is 0.983. The summed E-state index contributed by atoms with van der Waals surface area (Å²) in [5, 5.41) is 11.4. The molecule has 2 aromatic rings. The zero-order chi connectivity index (χ0) is 17.0. The predicted octanol–water partition coefficient (Wildman–Crippen LogP) is 6.11. The van der Waals surface area contributed by atoms with Gasteiger partial charge in [0, 0.05) is 6.61 Å². The standard InChI is InChI=1S/C22H32O2/c1-2-3-4-6-13-21(14-7-5-10-17-23)24-22-16-15-19-11-8-9-12-20(19)18-22/h8-9,11-12,15-16,18,21,23H,2-7,10,13-14,17H2,1H3. The Labute approximate surface area is 146 Å². The molecule has 0 radical (unpaired) electrons. The number of hydrogen-bond donors (Lipinski definition) is 1. The number of ether oxygens (including phenoxy) is 1. The first-order chi connectivity index (χ1) is 11.8. The van der Waals surface area contributed by atoms with Crippen LogP contribution in [0.4, 0.5) is 0 Å².